The normalized spacial score (nSPS) is 13.4. The van der Waals surface area contributed by atoms with Crippen LogP contribution in [0.2, 0.25) is 0 Å². The number of hydrogen-bond donors (Lipinski definition) is 2. The second-order valence-corrected chi connectivity index (χ2v) is 4.54. The van der Waals surface area contributed by atoms with E-state index in [-0.39, 0.29) is 11.1 Å². The molecule has 0 aromatic heterocycles. The van der Waals surface area contributed by atoms with Crippen LogP contribution in [0.5, 0.6) is 0 Å². The minimum atomic E-state index is -1.06. The Balaban J connectivity index is 0.000000269. The van der Waals surface area contributed by atoms with Crippen LogP contribution in [-0.4, -0.2) is 42.3 Å². The molecule has 0 spiro atoms. The van der Waals surface area contributed by atoms with Crippen LogP contribution in [0.4, 0.5) is 0 Å². The Morgan fingerprint density at radius 2 is 2.11 bits per heavy atom. The van der Waals surface area contributed by atoms with Crippen LogP contribution in [0, 0.1) is 0 Å². The molecule has 0 saturated carbocycles. The van der Waals surface area contributed by atoms with E-state index in [9.17, 15) is 9.59 Å². The lowest BCUT2D eigenvalue weighted by atomic mass is 10.1. The number of rotatable bonds is 2. The van der Waals surface area contributed by atoms with Gasteiger partial charge in [0.25, 0.3) is 0 Å². The first-order valence-corrected chi connectivity index (χ1v) is 6.50. The first kappa shape index (κ1) is 14.5. The lowest BCUT2D eigenvalue weighted by molar-refractivity contribution is 0.0600. The van der Waals surface area contributed by atoms with Gasteiger partial charge >= 0.3 is 11.9 Å². The van der Waals surface area contributed by atoms with Gasteiger partial charge in [0.15, 0.2) is 0 Å². The summed E-state index contributed by atoms with van der Waals surface area (Å²) in [5, 5.41) is 11.8. The highest BCUT2D eigenvalue weighted by atomic mass is 32.2. The van der Waals surface area contributed by atoms with Gasteiger partial charge in [-0.25, -0.2) is 9.59 Å². The maximum Gasteiger partial charge on any atom is 0.337 e. The summed E-state index contributed by atoms with van der Waals surface area (Å²) in [6.07, 6.45) is 0. The molecule has 1 saturated heterocycles. The largest absolute Gasteiger partial charge is 0.478 e. The summed E-state index contributed by atoms with van der Waals surface area (Å²) in [7, 11) is 1.25. The highest BCUT2D eigenvalue weighted by Gasteiger charge is 2.08. The smallest absolute Gasteiger partial charge is 0.337 e. The van der Waals surface area contributed by atoms with Gasteiger partial charge in [-0.3, -0.25) is 0 Å². The molecule has 5 nitrogen and oxygen atoms in total. The van der Waals surface area contributed by atoms with Gasteiger partial charge in [-0.15, -0.1) is 11.8 Å². The molecule has 0 unspecified atom stereocenters. The molecular weight excluding hydrogens is 254 g/mol. The summed E-state index contributed by atoms with van der Waals surface area (Å²) in [6, 6.07) is 5.68. The lowest BCUT2D eigenvalue weighted by Crippen LogP contribution is -2.04. The third-order valence-corrected chi connectivity index (χ3v) is 3.06. The van der Waals surface area contributed by atoms with Gasteiger partial charge in [-0.2, -0.15) is 0 Å². The van der Waals surface area contributed by atoms with E-state index in [1.54, 1.807) is 0 Å². The zero-order valence-electron chi connectivity index (χ0n) is 10.0. The number of thioether (sulfide) groups is 1. The van der Waals surface area contributed by atoms with Gasteiger partial charge in [0, 0.05) is 18.2 Å². The van der Waals surface area contributed by atoms with Crippen molar-refractivity contribution in [2.45, 2.75) is 0 Å². The highest BCUT2D eigenvalue weighted by molar-refractivity contribution is 7.99. The van der Waals surface area contributed by atoms with Crippen molar-refractivity contribution in [1.82, 2.24) is 5.32 Å². The van der Waals surface area contributed by atoms with Crippen molar-refractivity contribution in [2.24, 2.45) is 0 Å². The van der Waals surface area contributed by atoms with Crippen LogP contribution in [0.15, 0.2) is 24.3 Å². The number of methoxy groups -OCH3 is 1. The van der Waals surface area contributed by atoms with Crippen LogP contribution in [-0.2, 0) is 4.74 Å². The number of hydrogen-bond acceptors (Lipinski definition) is 5. The molecule has 1 aromatic carbocycles. The molecule has 18 heavy (non-hydrogen) atoms. The molecule has 1 aromatic rings. The number of carboxylic acids is 1. The Morgan fingerprint density at radius 1 is 1.39 bits per heavy atom. The molecule has 1 aliphatic rings. The van der Waals surface area contributed by atoms with Crippen LogP contribution >= 0.6 is 11.8 Å². The fourth-order valence-electron chi connectivity index (χ4n) is 1.26. The van der Waals surface area contributed by atoms with Crippen molar-refractivity contribution in [1.29, 1.82) is 0 Å². The first-order chi connectivity index (χ1) is 8.65. The van der Waals surface area contributed by atoms with Gasteiger partial charge < -0.3 is 15.2 Å². The second-order valence-electron chi connectivity index (χ2n) is 3.43. The molecule has 6 heteroatoms. The Bertz CT molecular complexity index is 411. The SMILES string of the molecule is C1CSCN1.COC(=O)c1cccc(C(=O)O)c1. The number of nitrogens with one attached hydrogen (secondary N) is 1. The topological polar surface area (TPSA) is 75.6 Å². The Kier molecular flexibility index (Phi) is 6.24. The maximum absolute atomic E-state index is 11.0. The number of aromatic carboxylic acids is 1. The molecule has 0 radical (unpaired) electrons. The summed E-state index contributed by atoms with van der Waals surface area (Å²) >= 11 is 1.96. The molecule has 98 valence electrons. The van der Waals surface area contributed by atoms with E-state index in [0.29, 0.717) is 0 Å². The molecule has 0 aliphatic carbocycles. The fraction of sp³-hybridized carbons (Fsp3) is 0.333. The molecule has 1 heterocycles. The first-order valence-electron chi connectivity index (χ1n) is 5.35. The Morgan fingerprint density at radius 3 is 2.56 bits per heavy atom. The minimum Gasteiger partial charge on any atom is -0.478 e. The molecule has 1 fully saturated rings. The predicted molar refractivity (Wildman–Crippen MR) is 70.1 cm³/mol. The number of carboxylic acid groups (broad SMARTS) is 1. The molecule has 1 aliphatic heterocycles. The Hall–Kier alpha value is -1.53. The van der Waals surface area contributed by atoms with E-state index in [1.807, 2.05) is 11.8 Å². The molecule has 0 atom stereocenters. The predicted octanol–water partition coefficient (Wildman–Crippen LogP) is 1.45. The molecular formula is C12H15NO4S. The van der Waals surface area contributed by atoms with Crippen LogP contribution in [0.25, 0.3) is 0 Å². The average molecular weight is 269 g/mol. The van der Waals surface area contributed by atoms with E-state index in [4.69, 9.17) is 5.11 Å². The zero-order chi connectivity index (χ0) is 13.4. The lowest BCUT2D eigenvalue weighted by Gasteiger charge is -1.99. The van der Waals surface area contributed by atoms with Crippen molar-refractivity contribution in [2.75, 3.05) is 25.3 Å². The van der Waals surface area contributed by atoms with Crippen LogP contribution in [0.1, 0.15) is 20.7 Å². The Labute approximate surface area is 110 Å². The third-order valence-electron chi connectivity index (χ3n) is 2.16. The third kappa shape index (κ3) is 4.77. The van der Waals surface area contributed by atoms with Gasteiger partial charge in [-0.05, 0) is 18.2 Å². The number of esters is 1. The van der Waals surface area contributed by atoms with Gasteiger partial charge in [0.1, 0.15) is 0 Å². The molecule has 0 bridgehead atoms. The van der Waals surface area contributed by atoms with Crippen molar-refractivity contribution in [3.8, 4) is 0 Å². The van der Waals surface area contributed by atoms with Gasteiger partial charge in [0.2, 0.25) is 0 Å². The monoisotopic (exact) mass is 269 g/mol. The van der Waals surface area contributed by atoms with Gasteiger partial charge in [0.05, 0.1) is 18.2 Å². The average Bonchev–Trinajstić information content (AvgIpc) is 2.97. The number of ether oxygens (including phenoxy) is 1. The van der Waals surface area contributed by atoms with E-state index >= 15 is 0 Å². The summed E-state index contributed by atoms with van der Waals surface area (Å²) in [5.41, 5.74) is 0.310. The zero-order valence-corrected chi connectivity index (χ0v) is 10.8. The van der Waals surface area contributed by atoms with Crippen LogP contribution < -0.4 is 5.32 Å². The van der Waals surface area contributed by atoms with E-state index in [0.717, 1.165) is 0 Å². The molecule has 0 amide bonds. The molecule has 2 N–H and O–H groups in total. The second kappa shape index (κ2) is 7.73. The minimum absolute atomic E-state index is 0.0721. The van der Waals surface area contributed by atoms with Crippen molar-refractivity contribution >= 4 is 23.7 Å². The summed E-state index contributed by atoms with van der Waals surface area (Å²) in [6.45, 7) is 1.21. The standard InChI is InChI=1S/C9H8O4.C3H7NS/c1-13-9(12)7-4-2-3-6(5-7)8(10)11;1-2-5-3-4-1/h2-5H,1H3,(H,10,11);4H,1-3H2. The number of carbonyl (C=O) groups excluding carboxylic acids is 1. The summed E-state index contributed by atoms with van der Waals surface area (Å²) < 4.78 is 4.44. The highest BCUT2D eigenvalue weighted by Crippen LogP contribution is 2.06. The van der Waals surface area contributed by atoms with Crippen molar-refractivity contribution < 1.29 is 19.4 Å². The van der Waals surface area contributed by atoms with E-state index < -0.39 is 11.9 Å². The van der Waals surface area contributed by atoms with E-state index in [1.165, 1.54) is 49.5 Å². The van der Waals surface area contributed by atoms with Crippen LogP contribution in [0.3, 0.4) is 0 Å². The quantitative estimate of drug-likeness (QED) is 0.791. The molecule has 2 rings (SSSR count). The van der Waals surface area contributed by atoms with Crippen molar-refractivity contribution in [3.63, 3.8) is 0 Å². The maximum atomic E-state index is 11.0. The summed E-state index contributed by atoms with van der Waals surface area (Å²) in [5.74, 6) is 0.869. The number of benzene rings is 1. The fourth-order valence-corrected chi connectivity index (χ4v) is 1.98. The number of carbonyl (C=O) groups is 2. The van der Waals surface area contributed by atoms with E-state index in [2.05, 4.69) is 10.1 Å². The summed E-state index contributed by atoms with van der Waals surface area (Å²) in [4.78, 5) is 21.5. The van der Waals surface area contributed by atoms with Crippen molar-refractivity contribution in [3.05, 3.63) is 35.4 Å². The van der Waals surface area contributed by atoms with Gasteiger partial charge in [-0.1, -0.05) is 6.07 Å².